The van der Waals surface area contributed by atoms with E-state index in [1.165, 1.54) is 18.0 Å². The second-order valence-electron chi connectivity index (χ2n) is 5.95. The van der Waals surface area contributed by atoms with Crippen LogP contribution >= 0.6 is 11.6 Å². The summed E-state index contributed by atoms with van der Waals surface area (Å²) in [6.45, 7) is 1.04. The quantitative estimate of drug-likeness (QED) is 0.736. The van der Waals surface area contributed by atoms with Crippen molar-refractivity contribution in [2.24, 2.45) is 7.05 Å². The van der Waals surface area contributed by atoms with Crippen molar-refractivity contribution in [3.05, 3.63) is 62.5 Å². The number of fused-ring (bicyclic) bond motifs is 2. The van der Waals surface area contributed by atoms with Gasteiger partial charge in [-0.05, 0) is 29.7 Å². The maximum absolute atomic E-state index is 12.8. The van der Waals surface area contributed by atoms with Crippen molar-refractivity contribution in [1.82, 2.24) is 19.7 Å². The highest BCUT2D eigenvalue weighted by molar-refractivity contribution is 6.30. The molecule has 122 valence electrons. The van der Waals surface area contributed by atoms with Crippen molar-refractivity contribution < 1.29 is 4.79 Å². The molecule has 0 saturated heterocycles. The monoisotopic (exact) mass is 342 g/mol. The van der Waals surface area contributed by atoms with Gasteiger partial charge < -0.3 is 9.88 Å². The van der Waals surface area contributed by atoms with E-state index >= 15 is 0 Å². The summed E-state index contributed by atoms with van der Waals surface area (Å²) in [5.41, 5.74) is 2.67. The molecule has 0 unspecified atom stereocenters. The molecule has 0 saturated carbocycles. The summed E-state index contributed by atoms with van der Waals surface area (Å²) in [6, 6.07) is 5.73. The van der Waals surface area contributed by atoms with Crippen molar-refractivity contribution in [2.45, 2.75) is 13.0 Å². The molecule has 0 bridgehead atoms. The maximum Gasteiger partial charge on any atom is 0.259 e. The normalized spacial score (nSPS) is 14.0. The third kappa shape index (κ3) is 2.30. The zero-order valence-corrected chi connectivity index (χ0v) is 13.8. The van der Waals surface area contributed by atoms with Gasteiger partial charge in [-0.1, -0.05) is 17.7 Å². The molecule has 2 aromatic heterocycles. The number of hydrogen-bond donors (Lipinski definition) is 1. The first-order chi connectivity index (χ1) is 11.5. The van der Waals surface area contributed by atoms with Crippen molar-refractivity contribution in [2.75, 3.05) is 6.54 Å². The van der Waals surface area contributed by atoms with Crippen LogP contribution in [-0.4, -0.2) is 32.1 Å². The third-order valence-electron chi connectivity index (χ3n) is 4.48. The maximum atomic E-state index is 12.8. The minimum absolute atomic E-state index is 0.140. The molecule has 3 aromatic rings. The van der Waals surface area contributed by atoms with Crippen LogP contribution in [0.15, 0.2) is 35.4 Å². The number of carbonyl (C=O) groups excluding carboxylic acids is 1. The summed E-state index contributed by atoms with van der Waals surface area (Å²) in [4.78, 5) is 30.1. The van der Waals surface area contributed by atoms with Crippen LogP contribution < -0.4 is 5.43 Å². The molecular formula is C17H15ClN4O2. The minimum atomic E-state index is -0.293. The largest absolute Gasteiger partial charge is 0.345 e. The molecule has 24 heavy (non-hydrogen) atoms. The number of nitrogens with one attached hydrogen (secondary N) is 1. The van der Waals surface area contributed by atoms with E-state index in [1.54, 1.807) is 16.6 Å². The van der Waals surface area contributed by atoms with Crippen LogP contribution in [0.25, 0.3) is 11.0 Å². The van der Waals surface area contributed by atoms with Gasteiger partial charge in [-0.25, -0.2) is 0 Å². The molecule has 1 aliphatic heterocycles. The van der Waals surface area contributed by atoms with Gasteiger partial charge in [0.2, 0.25) is 5.43 Å². The highest BCUT2D eigenvalue weighted by atomic mass is 35.5. The lowest BCUT2D eigenvalue weighted by Crippen LogP contribution is -2.38. The molecule has 0 fully saturated rings. The number of hydrogen-bond acceptors (Lipinski definition) is 3. The Labute approximate surface area is 142 Å². The first-order valence-electron chi connectivity index (χ1n) is 7.64. The van der Waals surface area contributed by atoms with Crippen LogP contribution in [0, 0.1) is 0 Å². The topological polar surface area (TPSA) is 71.0 Å². The predicted octanol–water partition coefficient (Wildman–Crippen LogP) is 2.11. The molecule has 0 aliphatic carbocycles. The van der Waals surface area contributed by atoms with E-state index in [4.69, 9.17) is 11.6 Å². The van der Waals surface area contributed by atoms with Crippen LogP contribution in [0.2, 0.25) is 5.02 Å². The standard InChI is InChI=1S/C17H15ClN4O2/c1-21-16-13(8-20-21)15(23)14(7-19-16)17(24)22-5-4-10-2-3-12(18)6-11(10)9-22/h2-3,6-8H,4-5,9H2,1H3,(H,19,23). The lowest BCUT2D eigenvalue weighted by Gasteiger charge is -2.28. The number of nitrogens with zero attached hydrogens (tertiary/aromatic N) is 3. The van der Waals surface area contributed by atoms with E-state index in [9.17, 15) is 9.59 Å². The molecule has 0 atom stereocenters. The Bertz CT molecular complexity index is 1020. The highest BCUT2D eigenvalue weighted by Crippen LogP contribution is 2.23. The third-order valence-corrected chi connectivity index (χ3v) is 4.71. The number of pyridine rings is 1. The van der Waals surface area contributed by atoms with Crippen molar-refractivity contribution >= 4 is 28.5 Å². The lowest BCUT2D eigenvalue weighted by molar-refractivity contribution is 0.0733. The number of aromatic amines is 1. The van der Waals surface area contributed by atoms with Crippen LogP contribution in [0.1, 0.15) is 21.5 Å². The summed E-state index contributed by atoms with van der Waals surface area (Å²) in [5.74, 6) is -0.271. The second-order valence-corrected chi connectivity index (χ2v) is 6.39. The fourth-order valence-corrected chi connectivity index (χ4v) is 3.35. The van der Waals surface area contributed by atoms with Crippen LogP contribution in [0.3, 0.4) is 0 Å². The number of H-pyrrole nitrogens is 1. The molecule has 1 N–H and O–H groups in total. The lowest BCUT2D eigenvalue weighted by atomic mass is 9.99. The number of amides is 1. The summed E-state index contributed by atoms with van der Waals surface area (Å²) in [7, 11) is 1.74. The molecule has 7 heteroatoms. The molecule has 1 amide bonds. The smallest absolute Gasteiger partial charge is 0.259 e. The number of rotatable bonds is 1. The first kappa shape index (κ1) is 15.0. The molecule has 0 radical (unpaired) electrons. The van der Waals surface area contributed by atoms with E-state index in [0.717, 1.165) is 12.0 Å². The number of benzene rings is 1. The number of halogens is 1. The van der Waals surface area contributed by atoms with Gasteiger partial charge in [-0.2, -0.15) is 5.10 Å². The van der Waals surface area contributed by atoms with E-state index in [0.29, 0.717) is 29.1 Å². The fourth-order valence-electron chi connectivity index (χ4n) is 3.15. The zero-order chi connectivity index (χ0) is 16.8. The van der Waals surface area contributed by atoms with Crippen LogP contribution in [0.5, 0.6) is 0 Å². The molecule has 1 aliphatic rings. The number of aryl methyl sites for hydroxylation is 1. The van der Waals surface area contributed by atoms with E-state index in [1.807, 2.05) is 18.2 Å². The summed E-state index contributed by atoms with van der Waals surface area (Å²) in [6.07, 6.45) is 3.71. The van der Waals surface area contributed by atoms with E-state index in [-0.39, 0.29) is 16.9 Å². The van der Waals surface area contributed by atoms with E-state index in [2.05, 4.69) is 10.1 Å². The van der Waals surface area contributed by atoms with Gasteiger partial charge >= 0.3 is 0 Å². The molecular weight excluding hydrogens is 328 g/mol. The van der Waals surface area contributed by atoms with Gasteiger partial charge in [-0.15, -0.1) is 0 Å². The van der Waals surface area contributed by atoms with Gasteiger partial charge in [0.25, 0.3) is 5.91 Å². The first-order valence-corrected chi connectivity index (χ1v) is 8.02. The second kappa shape index (κ2) is 5.49. The highest BCUT2D eigenvalue weighted by Gasteiger charge is 2.24. The van der Waals surface area contributed by atoms with Gasteiger partial charge in [0.15, 0.2) is 0 Å². The average Bonchev–Trinajstić information content (AvgIpc) is 2.96. The molecule has 4 rings (SSSR count). The van der Waals surface area contributed by atoms with Gasteiger partial charge in [0, 0.05) is 31.4 Å². The van der Waals surface area contributed by atoms with Gasteiger partial charge in [-0.3, -0.25) is 14.3 Å². The fraction of sp³-hybridized carbons (Fsp3) is 0.235. The molecule has 3 heterocycles. The van der Waals surface area contributed by atoms with Crippen molar-refractivity contribution in [1.29, 1.82) is 0 Å². The Morgan fingerprint density at radius 2 is 2.17 bits per heavy atom. The Hall–Kier alpha value is -2.60. The van der Waals surface area contributed by atoms with Crippen molar-refractivity contribution in [3.63, 3.8) is 0 Å². The summed E-state index contributed by atoms with van der Waals surface area (Å²) >= 11 is 6.05. The zero-order valence-electron chi connectivity index (χ0n) is 13.0. The van der Waals surface area contributed by atoms with E-state index < -0.39 is 0 Å². The predicted molar refractivity (Wildman–Crippen MR) is 91.2 cm³/mol. The van der Waals surface area contributed by atoms with Crippen LogP contribution in [-0.2, 0) is 20.0 Å². The van der Waals surface area contributed by atoms with Gasteiger partial charge in [0.1, 0.15) is 11.2 Å². The summed E-state index contributed by atoms with van der Waals surface area (Å²) < 4.78 is 1.57. The molecule has 0 spiro atoms. The molecule has 1 aromatic carbocycles. The summed E-state index contributed by atoms with van der Waals surface area (Å²) in [5, 5.41) is 5.13. The average molecular weight is 343 g/mol. The Kier molecular flexibility index (Phi) is 3.42. The van der Waals surface area contributed by atoms with Crippen LogP contribution in [0.4, 0.5) is 0 Å². The Balaban J connectivity index is 1.70. The minimum Gasteiger partial charge on any atom is -0.345 e. The molecule has 6 nitrogen and oxygen atoms in total. The van der Waals surface area contributed by atoms with Gasteiger partial charge in [0.05, 0.1) is 11.6 Å². The number of aromatic nitrogens is 3. The SMILES string of the molecule is Cn1ncc2c(=O)c(C(=O)N3CCc4ccc(Cl)cc4C3)c[nH]c21. The Morgan fingerprint density at radius 3 is 3.00 bits per heavy atom. The van der Waals surface area contributed by atoms with Crippen molar-refractivity contribution in [3.8, 4) is 0 Å². The Morgan fingerprint density at radius 1 is 1.33 bits per heavy atom. The number of carbonyl (C=O) groups is 1.